The Morgan fingerprint density at radius 2 is 1.65 bits per heavy atom. The van der Waals surface area contributed by atoms with Crippen molar-refractivity contribution in [2.45, 2.75) is 24.7 Å². The molecule has 10 heteroatoms. The third kappa shape index (κ3) is 5.21. The summed E-state index contributed by atoms with van der Waals surface area (Å²) in [6, 6.07) is 9.57. The molecule has 0 bridgehead atoms. The van der Waals surface area contributed by atoms with Crippen molar-refractivity contribution < 1.29 is 31.1 Å². The number of likely N-dealkylation sites (tertiary alicyclic amines) is 1. The summed E-state index contributed by atoms with van der Waals surface area (Å²) in [6.45, 7) is 1.05. The first-order valence-corrected chi connectivity index (χ1v) is 11.3. The largest absolute Gasteiger partial charge is 0.416 e. The molecule has 0 aliphatic carbocycles. The van der Waals surface area contributed by atoms with E-state index in [0.717, 1.165) is 12.0 Å². The zero-order valence-corrected chi connectivity index (χ0v) is 19.6. The highest BCUT2D eigenvalue weighted by Crippen LogP contribution is 2.39. The third-order valence-electron chi connectivity index (χ3n) is 5.75. The SMILES string of the molecule is O=C(c1ccc(-c2cc(C(F)(F)F)cc(C(F)(F)F)c2)c(I)c1)N1CCC(c2cccnc2)C1. The number of nitrogens with zero attached hydrogens (tertiary/aromatic N) is 2. The Hall–Kier alpha value is -2.63. The molecule has 2 aromatic carbocycles. The van der Waals surface area contributed by atoms with E-state index in [1.165, 1.54) is 18.2 Å². The van der Waals surface area contributed by atoms with E-state index < -0.39 is 23.5 Å². The number of carbonyl (C=O) groups is 1. The van der Waals surface area contributed by atoms with Gasteiger partial charge >= 0.3 is 12.4 Å². The van der Waals surface area contributed by atoms with Crippen LogP contribution in [0.5, 0.6) is 0 Å². The van der Waals surface area contributed by atoms with Crippen molar-refractivity contribution in [3.63, 3.8) is 0 Å². The number of hydrogen-bond acceptors (Lipinski definition) is 2. The maximum Gasteiger partial charge on any atom is 0.416 e. The number of benzene rings is 2. The predicted molar refractivity (Wildman–Crippen MR) is 122 cm³/mol. The van der Waals surface area contributed by atoms with E-state index >= 15 is 0 Å². The van der Waals surface area contributed by atoms with Gasteiger partial charge in [-0.05, 0) is 82.1 Å². The van der Waals surface area contributed by atoms with Crippen LogP contribution >= 0.6 is 22.6 Å². The van der Waals surface area contributed by atoms with E-state index in [2.05, 4.69) is 4.98 Å². The van der Waals surface area contributed by atoms with E-state index in [4.69, 9.17) is 0 Å². The molecule has 3 aromatic rings. The van der Waals surface area contributed by atoms with E-state index in [1.54, 1.807) is 17.3 Å². The first-order valence-electron chi connectivity index (χ1n) is 10.2. The second-order valence-electron chi connectivity index (χ2n) is 8.01. The van der Waals surface area contributed by atoms with Gasteiger partial charge in [-0.2, -0.15) is 26.3 Å². The van der Waals surface area contributed by atoms with E-state index in [-0.39, 0.29) is 29.0 Å². The number of hydrogen-bond donors (Lipinski definition) is 0. The summed E-state index contributed by atoms with van der Waals surface area (Å²) < 4.78 is 79.7. The van der Waals surface area contributed by atoms with Crippen molar-refractivity contribution in [3.05, 3.63) is 86.7 Å². The minimum absolute atomic E-state index is 0.0975. The molecule has 34 heavy (non-hydrogen) atoms. The van der Waals surface area contributed by atoms with Crippen LogP contribution in [0.1, 0.15) is 39.4 Å². The van der Waals surface area contributed by atoms with Gasteiger partial charge in [0.15, 0.2) is 0 Å². The van der Waals surface area contributed by atoms with Crippen molar-refractivity contribution in [3.8, 4) is 11.1 Å². The lowest BCUT2D eigenvalue weighted by Gasteiger charge is -2.18. The Morgan fingerprint density at radius 1 is 0.971 bits per heavy atom. The maximum atomic E-state index is 13.2. The van der Waals surface area contributed by atoms with Crippen LogP contribution in [0.4, 0.5) is 26.3 Å². The summed E-state index contributed by atoms with van der Waals surface area (Å²) in [5.74, 6) is -0.0854. The molecule has 0 radical (unpaired) electrons. The fourth-order valence-electron chi connectivity index (χ4n) is 4.01. The van der Waals surface area contributed by atoms with Crippen LogP contribution in [-0.2, 0) is 12.4 Å². The molecule has 1 amide bonds. The van der Waals surface area contributed by atoms with Gasteiger partial charge in [-0.3, -0.25) is 9.78 Å². The number of halogens is 7. The van der Waals surface area contributed by atoms with Crippen LogP contribution in [0.25, 0.3) is 11.1 Å². The molecule has 1 atom stereocenters. The molecule has 1 fully saturated rings. The van der Waals surface area contributed by atoms with Gasteiger partial charge in [-0.15, -0.1) is 0 Å². The third-order valence-corrected chi connectivity index (χ3v) is 6.64. The highest BCUT2D eigenvalue weighted by molar-refractivity contribution is 14.1. The molecule has 3 nitrogen and oxygen atoms in total. The van der Waals surface area contributed by atoms with Gasteiger partial charge < -0.3 is 4.90 Å². The van der Waals surface area contributed by atoms with Gasteiger partial charge in [0.1, 0.15) is 0 Å². The van der Waals surface area contributed by atoms with Gasteiger partial charge in [0.05, 0.1) is 11.1 Å². The number of aromatic nitrogens is 1. The van der Waals surface area contributed by atoms with Gasteiger partial charge in [0.2, 0.25) is 0 Å². The lowest BCUT2D eigenvalue weighted by atomic mass is 9.98. The van der Waals surface area contributed by atoms with E-state index in [9.17, 15) is 31.1 Å². The second-order valence-corrected chi connectivity index (χ2v) is 9.17. The number of rotatable bonds is 3. The van der Waals surface area contributed by atoms with Gasteiger partial charge in [-0.1, -0.05) is 12.1 Å². The van der Waals surface area contributed by atoms with Crippen molar-refractivity contribution in [2.24, 2.45) is 0 Å². The Kier molecular flexibility index (Phi) is 6.63. The van der Waals surface area contributed by atoms with Crippen LogP contribution < -0.4 is 0 Å². The molecule has 0 saturated carbocycles. The van der Waals surface area contributed by atoms with Crippen LogP contribution in [0.15, 0.2) is 60.9 Å². The quantitative estimate of drug-likeness (QED) is 0.243. The fraction of sp³-hybridized carbons (Fsp3) is 0.250. The summed E-state index contributed by atoms with van der Waals surface area (Å²) in [7, 11) is 0. The molecule has 2 heterocycles. The zero-order valence-electron chi connectivity index (χ0n) is 17.4. The normalized spacial score (nSPS) is 16.7. The molecular weight excluding hydrogens is 573 g/mol. The molecule has 1 aromatic heterocycles. The number of pyridine rings is 1. The minimum Gasteiger partial charge on any atom is -0.338 e. The summed E-state index contributed by atoms with van der Waals surface area (Å²) in [5.41, 5.74) is -1.44. The van der Waals surface area contributed by atoms with Crippen LogP contribution in [0.3, 0.4) is 0 Å². The van der Waals surface area contributed by atoms with Crippen molar-refractivity contribution in [2.75, 3.05) is 13.1 Å². The van der Waals surface area contributed by atoms with Crippen molar-refractivity contribution >= 4 is 28.5 Å². The predicted octanol–water partition coefficient (Wildman–Crippen LogP) is 7.02. The second kappa shape index (κ2) is 9.20. The number of amides is 1. The molecular formula is C24H17F6IN2O. The van der Waals surface area contributed by atoms with Crippen molar-refractivity contribution in [1.29, 1.82) is 0 Å². The molecule has 1 saturated heterocycles. The lowest BCUT2D eigenvalue weighted by Crippen LogP contribution is -2.28. The van der Waals surface area contributed by atoms with Crippen molar-refractivity contribution in [1.82, 2.24) is 9.88 Å². The molecule has 1 unspecified atom stereocenters. The lowest BCUT2D eigenvalue weighted by molar-refractivity contribution is -0.143. The smallest absolute Gasteiger partial charge is 0.338 e. The first kappa shape index (κ1) is 24.5. The molecule has 1 aliphatic rings. The first-order chi connectivity index (χ1) is 15.9. The average Bonchev–Trinajstić information content (AvgIpc) is 3.28. The molecule has 1 aliphatic heterocycles. The monoisotopic (exact) mass is 590 g/mol. The highest BCUT2D eigenvalue weighted by Gasteiger charge is 2.37. The van der Waals surface area contributed by atoms with Gasteiger partial charge in [-0.25, -0.2) is 0 Å². The summed E-state index contributed by atoms with van der Waals surface area (Å²) in [6.07, 6.45) is -5.65. The molecule has 0 N–H and O–H groups in total. The Morgan fingerprint density at radius 3 is 2.21 bits per heavy atom. The summed E-state index contributed by atoms with van der Waals surface area (Å²) in [4.78, 5) is 18.8. The fourth-order valence-corrected chi connectivity index (χ4v) is 4.84. The Bertz CT molecular complexity index is 1180. The number of carbonyl (C=O) groups excluding carboxylic acids is 1. The Balaban J connectivity index is 1.61. The van der Waals surface area contributed by atoms with Crippen LogP contribution in [-0.4, -0.2) is 28.9 Å². The number of alkyl halides is 6. The van der Waals surface area contributed by atoms with Crippen LogP contribution in [0, 0.1) is 3.57 Å². The molecule has 0 spiro atoms. The summed E-state index contributed by atoms with van der Waals surface area (Å²) in [5, 5.41) is 0. The Labute approximate surface area is 204 Å². The van der Waals surface area contributed by atoms with Gasteiger partial charge in [0, 0.05) is 40.5 Å². The topological polar surface area (TPSA) is 33.2 Å². The highest BCUT2D eigenvalue weighted by atomic mass is 127. The molecule has 178 valence electrons. The summed E-state index contributed by atoms with van der Waals surface area (Å²) >= 11 is 1.82. The van der Waals surface area contributed by atoms with Crippen LogP contribution in [0.2, 0.25) is 0 Å². The van der Waals surface area contributed by atoms with E-state index in [1.807, 2.05) is 34.7 Å². The zero-order chi connectivity index (χ0) is 24.7. The van der Waals surface area contributed by atoms with Gasteiger partial charge in [0.25, 0.3) is 5.91 Å². The standard InChI is InChI=1S/C24H17F6IN2O/c25-23(26,27)18-8-17(9-19(11-18)24(28,29)30)20-4-3-14(10-21(20)31)22(34)33-7-5-16(13-33)15-2-1-6-32-12-15/h1-4,6,8-12,16H,5,7,13H2. The maximum absolute atomic E-state index is 13.2. The van der Waals surface area contributed by atoms with E-state index in [0.29, 0.717) is 34.4 Å². The minimum atomic E-state index is -4.93. The average molecular weight is 590 g/mol. The molecule has 4 rings (SSSR count).